The number of phenols is 1. The molecule has 0 saturated heterocycles. The standard InChI is InChI=1S/C16H23NO3/c1-11-6-4-3-5-7-13(11)17-16(19)12-8-9-15(20-2)14(18)10-12/h8-11,13,18H,3-7H2,1-2H3,(H,17,19). The van der Waals surface area contributed by atoms with Gasteiger partial charge in [-0.15, -0.1) is 0 Å². The van der Waals surface area contributed by atoms with E-state index in [0.717, 1.165) is 6.42 Å². The van der Waals surface area contributed by atoms with Crippen LogP contribution in [0.15, 0.2) is 18.2 Å². The number of amides is 1. The van der Waals surface area contributed by atoms with Gasteiger partial charge in [0.1, 0.15) is 0 Å². The molecule has 0 heterocycles. The highest BCUT2D eigenvalue weighted by Gasteiger charge is 2.22. The zero-order valence-corrected chi connectivity index (χ0v) is 12.2. The quantitative estimate of drug-likeness (QED) is 0.835. The van der Waals surface area contributed by atoms with E-state index in [1.807, 2.05) is 0 Å². The second-order valence-corrected chi connectivity index (χ2v) is 5.58. The van der Waals surface area contributed by atoms with Crippen molar-refractivity contribution in [2.24, 2.45) is 5.92 Å². The summed E-state index contributed by atoms with van der Waals surface area (Å²) in [4.78, 5) is 12.3. The van der Waals surface area contributed by atoms with E-state index in [-0.39, 0.29) is 17.7 Å². The number of nitrogens with one attached hydrogen (secondary N) is 1. The lowest BCUT2D eigenvalue weighted by molar-refractivity contribution is 0.0921. The number of methoxy groups -OCH3 is 1. The van der Waals surface area contributed by atoms with E-state index < -0.39 is 0 Å². The number of rotatable bonds is 3. The SMILES string of the molecule is COc1ccc(C(=O)NC2CCCCCC2C)cc1O. The van der Waals surface area contributed by atoms with Crippen LogP contribution in [0.25, 0.3) is 0 Å². The highest BCUT2D eigenvalue weighted by molar-refractivity contribution is 5.95. The van der Waals surface area contributed by atoms with Crippen molar-refractivity contribution in [1.82, 2.24) is 5.32 Å². The maximum absolute atomic E-state index is 12.3. The Labute approximate surface area is 120 Å². The lowest BCUT2D eigenvalue weighted by atomic mass is 9.96. The molecule has 0 aromatic heterocycles. The summed E-state index contributed by atoms with van der Waals surface area (Å²) in [6.07, 6.45) is 5.87. The molecule has 0 spiro atoms. The van der Waals surface area contributed by atoms with Gasteiger partial charge in [0.05, 0.1) is 7.11 Å². The number of aromatic hydroxyl groups is 1. The van der Waals surface area contributed by atoms with Gasteiger partial charge in [-0.1, -0.05) is 26.2 Å². The number of carbonyl (C=O) groups excluding carboxylic acids is 1. The molecular formula is C16H23NO3. The third kappa shape index (κ3) is 3.44. The predicted molar refractivity (Wildman–Crippen MR) is 78.2 cm³/mol. The molecule has 1 amide bonds. The molecule has 1 aromatic carbocycles. The molecule has 2 N–H and O–H groups in total. The predicted octanol–water partition coefficient (Wildman–Crippen LogP) is 3.10. The van der Waals surface area contributed by atoms with E-state index in [1.165, 1.54) is 38.9 Å². The van der Waals surface area contributed by atoms with Crippen molar-refractivity contribution in [2.45, 2.75) is 45.1 Å². The molecule has 20 heavy (non-hydrogen) atoms. The number of phenolic OH excluding ortho intramolecular Hbond substituents is 1. The summed E-state index contributed by atoms with van der Waals surface area (Å²) in [5.74, 6) is 0.758. The van der Waals surface area contributed by atoms with Gasteiger partial charge in [0, 0.05) is 11.6 Å². The van der Waals surface area contributed by atoms with Gasteiger partial charge in [-0.2, -0.15) is 0 Å². The van der Waals surface area contributed by atoms with Crippen LogP contribution in [-0.4, -0.2) is 24.2 Å². The van der Waals surface area contributed by atoms with E-state index in [1.54, 1.807) is 12.1 Å². The normalized spacial score (nSPS) is 22.9. The minimum absolute atomic E-state index is 0.00550. The van der Waals surface area contributed by atoms with Crippen molar-refractivity contribution in [3.05, 3.63) is 23.8 Å². The Morgan fingerprint density at radius 3 is 2.75 bits per heavy atom. The van der Waals surface area contributed by atoms with E-state index >= 15 is 0 Å². The van der Waals surface area contributed by atoms with Crippen molar-refractivity contribution in [3.63, 3.8) is 0 Å². The summed E-state index contributed by atoms with van der Waals surface area (Å²) >= 11 is 0. The van der Waals surface area contributed by atoms with Gasteiger partial charge >= 0.3 is 0 Å². The highest BCUT2D eigenvalue weighted by atomic mass is 16.5. The van der Waals surface area contributed by atoms with Crippen LogP contribution in [0, 0.1) is 5.92 Å². The van der Waals surface area contributed by atoms with Crippen molar-refractivity contribution >= 4 is 5.91 Å². The Bertz CT molecular complexity index is 473. The summed E-state index contributed by atoms with van der Waals surface area (Å²) in [7, 11) is 1.49. The molecule has 2 rings (SSSR count). The van der Waals surface area contributed by atoms with Crippen LogP contribution >= 0.6 is 0 Å². The van der Waals surface area contributed by atoms with Crippen LogP contribution < -0.4 is 10.1 Å². The Morgan fingerprint density at radius 2 is 2.05 bits per heavy atom. The number of hydrogen-bond acceptors (Lipinski definition) is 3. The molecule has 1 saturated carbocycles. The molecule has 1 aliphatic rings. The lowest BCUT2D eigenvalue weighted by Crippen LogP contribution is -2.38. The molecule has 4 heteroatoms. The number of ether oxygens (including phenoxy) is 1. The lowest BCUT2D eigenvalue weighted by Gasteiger charge is -2.23. The van der Waals surface area contributed by atoms with Crippen molar-refractivity contribution in [3.8, 4) is 11.5 Å². The van der Waals surface area contributed by atoms with E-state index in [4.69, 9.17) is 4.74 Å². The second-order valence-electron chi connectivity index (χ2n) is 5.58. The summed E-state index contributed by atoms with van der Waals surface area (Å²) in [6.45, 7) is 2.20. The van der Waals surface area contributed by atoms with Crippen molar-refractivity contribution < 1.29 is 14.6 Å². The van der Waals surface area contributed by atoms with Crippen LogP contribution in [0.3, 0.4) is 0 Å². The zero-order valence-electron chi connectivity index (χ0n) is 12.2. The molecule has 0 radical (unpaired) electrons. The molecule has 2 atom stereocenters. The summed E-state index contributed by atoms with van der Waals surface area (Å²) in [5.41, 5.74) is 0.472. The first-order valence-corrected chi connectivity index (χ1v) is 7.29. The molecule has 0 aliphatic heterocycles. The zero-order chi connectivity index (χ0) is 14.5. The fraction of sp³-hybridized carbons (Fsp3) is 0.562. The van der Waals surface area contributed by atoms with Gasteiger partial charge in [-0.25, -0.2) is 0 Å². The van der Waals surface area contributed by atoms with Crippen LogP contribution in [0.4, 0.5) is 0 Å². The van der Waals surface area contributed by atoms with Gasteiger partial charge in [0.2, 0.25) is 0 Å². The van der Waals surface area contributed by atoms with Gasteiger partial charge in [0.25, 0.3) is 5.91 Å². The van der Waals surface area contributed by atoms with Crippen LogP contribution in [-0.2, 0) is 0 Å². The van der Waals surface area contributed by atoms with Crippen molar-refractivity contribution in [2.75, 3.05) is 7.11 Å². The van der Waals surface area contributed by atoms with Crippen LogP contribution in [0.2, 0.25) is 0 Å². The smallest absolute Gasteiger partial charge is 0.251 e. The maximum atomic E-state index is 12.3. The first-order chi connectivity index (χ1) is 9.61. The van der Waals surface area contributed by atoms with Gasteiger partial charge in [-0.05, 0) is 37.0 Å². The van der Waals surface area contributed by atoms with Gasteiger partial charge in [-0.3, -0.25) is 4.79 Å². The molecule has 4 nitrogen and oxygen atoms in total. The van der Waals surface area contributed by atoms with Crippen molar-refractivity contribution in [1.29, 1.82) is 0 Å². The first kappa shape index (κ1) is 14.7. The molecule has 0 bridgehead atoms. The van der Waals surface area contributed by atoms with Gasteiger partial charge < -0.3 is 15.2 Å². The highest BCUT2D eigenvalue weighted by Crippen LogP contribution is 2.27. The Balaban J connectivity index is 2.05. The van der Waals surface area contributed by atoms with Crippen LogP contribution in [0.1, 0.15) is 49.4 Å². The Hall–Kier alpha value is -1.71. The summed E-state index contributed by atoms with van der Waals surface area (Å²) in [5, 5.41) is 12.8. The fourth-order valence-electron chi connectivity index (χ4n) is 2.79. The number of hydrogen-bond donors (Lipinski definition) is 2. The third-order valence-corrected chi connectivity index (χ3v) is 4.12. The largest absolute Gasteiger partial charge is 0.504 e. The van der Waals surface area contributed by atoms with Gasteiger partial charge in [0.15, 0.2) is 11.5 Å². The molecule has 2 unspecified atom stereocenters. The molecule has 1 fully saturated rings. The number of carbonyl (C=O) groups is 1. The average Bonchev–Trinajstić information content (AvgIpc) is 2.64. The van der Waals surface area contributed by atoms with E-state index in [9.17, 15) is 9.90 Å². The topological polar surface area (TPSA) is 58.6 Å². The second kappa shape index (κ2) is 6.64. The van der Waals surface area contributed by atoms with Crippen LogP contribution in [0.5, 0.6) is 11.5 Å². The average molecular weight is 277 g/mol. The maximum Gasteiger partial charge on any atom is 0.251 e. The minimum atomic E-state index is -0.123. The Kier molecular flexibility index (Phi) is 4.88. The first-order valence-electron chi connectivity index (χ1n) is 7.29. The van der Waals surface area contributed by atoms with E-state index in [0.29, 0.717) is 17.2 Å². The summed E-state index contributed by atoms with van der Waals surface area (Å²) < 4.78 is 4.98. The Morgan fingerprint density at radius 1 is 1.30 bits per heavy atom. The molecule has 110 valence electrons. The number of benzene rings is 1. The fourth-order valence-corrected chi connectivity index (χ4v) is 2.79. The van der Waals surface area contributed by atoms with E-state index in [2.05, 4.69) is 12.2 Å². The monoisotopic (exact) mass is 277 g/mol. The molecule has 1 aliphatic carbocycles. The third-order valence-electron chi connectivity index (χ3n) is 4.12. The summed E-state index contributed by atoms with van der Waals surface area (Å²) in [6, 6.07) is 4.97. The molecular weight excluding hydrogens is 254 g/mol. The minimum Gasteiger partial charge on any atom is -0.504 e. The molecule has 1 aromatic rings.